The molecule has 2 aliphatic heterocycles. The van der Waals surface area contributed by atoms with E-state index in [0.29, 0.717) is 11.1 Å². The van der Waals surface area contributed by atoms with Crippen LogP contribution in [-0.2, 0) is 0 Å². The zero-order valence-corrected chi connectivity index (χ0v) is 16.1. The molecular weight excluding hydrogens is 394 g/mol. The minimum absolute atomic E-state index is 0.0711. The highest BCUT2D eigenvalue weighted by atomic mass is 79.9. The van der Waals surface area contributed by atoms with Crippen molar-refractivity contribution in [3.63, 3.8) is 0 Å². The van der Waals surface area contributed by atoms with Crippen molar-refractivity contribution in [1.29, 1.82) is 0 Å². The minimum atomic E-state index is -0.183. The maximum Gasteiger partial charge on any atom is 0.257 e. The maximum absolute atomic E-state index is 12.8. The van der Waals surface area contributed by atoms with Crippen molar-refractivity contribution in [3.8, 4) is 0 Å². The predicted octanol–water partition coefficient (Wildman–Crippen LogP) is 4.10. The van der Waals surface area contributed by atoms with Crippen LogP contribution in [0.5, 0.6) is 0 Å². The fourth-order valence-electron chi connectivity index (χ4n) is 3.78. The van der Waals surface area contributed by atoms with Gasteiger partial charge in [-0.15, -0.1) is 0 Å². The first-order valence-electron chi connectivity index (χ1n) is 8.79. The van der Waals surface area contributed by atoms with Gasteiger partial charge in [0.05, 0.1) is 11.3 Å². The van der Waals surface area contributed by atoms with E-state index in [4.69, 9.17) is 0 Å². The van der Waals surface area contributed by atoms with Crippen molar-refractivity contribution >= 4 is 39.1 Å². The third kappa shape index (κ3) is 2.98. The fourth-order valence-corrected chi connectivity index (χ4v) is 4.18. The molecule has 1 saturated heterocycles. The smallest absolute Gasteiger partial charge is 0.257 e. The van der Waals surface area contributed by atoms with Gasteiger partial charge in [-0.25, -0.2) is 0 Å². The van der Waals surface area contributed by atoms with E-state index in [2.05, 4.69) is 26.1 Å². The number of amides is 2. The Bertz CT molecular complexity index is 883. The molecular formula is C20H20BrN3O2. The molecule has 0 saturated carbocycles. The van der Waals surface area contributed by atoms with Crippen LogP contribution in [0.3, 0.4) is 0 Å². The number of carbonyl (C=O) groups excluding carboxylic acids is 2. The average Bonchev–Trinajstić information content (AvgIpc) is 2.65. The maximum atomic E-state index is 12.8. The number of rotatable bonds is 2. The minimum Gasteiger partial charge on any atom is -0.354 e. The Labute approximate surface area is 161 Å². The van der Waals surface area contributed by atoms with E-state index in [1.807, 2.05) is 42.3 Å². The zero-order chi connectivity index (χ0) is 18.3. The van der Waals surface area contributed by atoms with Crippen molar-refractivity contribution < 1.29 is 9.59 Å². The number of hydrogen-bond donors (Lipinski definition) is 1. The Morgan fingerprint density at radius 3 is 2.85 bits per heavy atom. The summed E-state index contributed by atoms with van der Waals surface area (Å²) in [5.41, 5.74) is 2.78. The second-order valence-electron chi connectivity index (χ2n) is 6.78. The summed E-state index contributed by atoms with van der Waals surface area (Å²) in [5.74, 6) is -0.112. The largest absolute Gasteiger partial charge is 0.354 e. The SMILES string of the molecule is CN1c2cc(C(=O)Nc3cccc(Br)c3)ccc2C(=O)N2CCCC[C@@H]21. The molecule has 2 aromatic carbocycles. The van der Waals surface area contributed by atoms with Crippen molar-refractivity contribution in [2.75, 3.05) is 23.8 Å². The molecule has 134 valence electrons. The summed E-state index contributed by atoms with van der Waals surface area (Å²) >= 11 is 3.40. The highest BCUT2D eigenvalue weighted by Crippen LogP contribution is 2.35. The molecule has 26 heavy (non-hydrogen) atoms. The Balaban J connectivity index is 1.63. The van der Waals surface area contributed by atoms with E-state index in [1.54, 1.807) is 12.1 Å². The molecule has 0 radical (unpaired) electrons. The molecule has 2 aromatic rings. The number of piperidine rings is 1. The number of anilines is 2. The summed E-state index contributed by atoms with van der Waals surface area (Å²) in [7, 11) is 2.00. The monoisotopic (exact) mass is 413 g/mol. The van der Waals surface area contributed by atoms with Crippen molar-refractivity contribution in [1.82, 2.24) is 4.90 Å². The molecule has 5 nitrogen and oxygen atoms in total. The number of halogens is 1. The van der Waals surface area contributed by atoms with E-state index in [0.717, 1.165) is 41.7 Å². The second kappa shape index (κ2) is 6.76. The van der Waals surface area contributed by atoms with Gasteiger partial charge in [0.25, 0.3) is 11.8 Å². The van der Waals surface area contributed by atoms with E-state index in [1.165, 1.54) is 0 Å². The molecule has 6 heteroatoms. The first-order valence-corrected chi connectivity index (χ1v) is 9.58. The third-order valence-electron chi connectivity index (χ3n) is 5.13. The van der Waals surface area contributed by atoms with E-state index >= 15 is 0 Å². The standard InChI is InChI=1S/C20H20BrN3O2/c1-23-17-11-13(19(25)22-15-6-4-5-14(21)12-15)8-9-16(17)20(26)24-10-3-2-7-18(23)24/h4-6,8-9,11-12,18H,2-3,7,10H2,1H3,(H,22,25)/t18-/m1/s1. The molecule has 4 rings (SSSR count). The van der Waals surface area contributed by atoms with Crippen LogP contribution in [0.15, 0.2) is 46.9 Å². The molecule has 0 bridgehead atoms. The van der Waals surface area contributed by atoms with Gasteiger partial charge < -0.3 is 15.1 Å². The van der Waals surface area contributed by atoms with E-state index in [-0.39, 0.29) is 18.0 Å². The van der Waals surface area contributed by atoms with Crippen molar-refractivity contribution in [2.24, 2.45) is 0 Å². The molecule has 2 heterocycles. The Morgan fingerprint density at radius 2 is 2.04 bits per heavy atom. The number of nitrogens with one attached hydrogen (secondary N) is 1. The van der Waals surface area contributed by atoms with Gasteiger partial charge in [0.1, 0.15) is 6.17 Å². The van der Waals surface area contributed by atoms with Crippen LogP contribution in [0.1, 0.15) is 40.0 Å². The van der Waals surface area contributed by atoms with Crippen LogP contribution >= 0.6 is 15.9 Å². The lowest BCUT2D eigenvalue weighted by molar-refractivity contribution is 0.0589. The van der Waals surface area contributed by atoms with Crippen LogP contribution in [-0.4, -0.2) is 36.5 Å². The first-order chi connectivity index (χ1) is 12.5. The average molecular weight is 414 g/mol. The summed E-state index contributed by atoms with van der Waals surface area (Å²) in [6.45, 7) is 0.804. The third-order valence-corrected chi connectivity index (χ3v) is 5.63. The van der Waals surface area contributed by atoms with Gasteiger partial charge in [-0.05, 0) is 55.7 Å². The van der Waals surface area contributed by atoms with Gasteiger partial charge in [-0.3, -0.25) is 9.59 Å². The quantitative estimate of drug-likeness (QED) is 0.805. The molecule has 1 fully saturated rings. The van der Waals surface area contributed by atoms with Crippen LogP contribution in [0.25, 0.3) is 0 Å². The van der Waals surface area contributed by atoms with Crippen LogP contribution in [0, 0.1) is 0 Å². The number of carbonyl (C=O) groups is 2. The van der Waals surface area contributed by atoms with Gasteiger partial charge in [0, 0.05) is 29.3 Å². The lowest BCUT2D eigenvalue weighted by Crippen LogP contribution is -2.55. The Morgan fingerprint density at radius 1 is 1.19 bits per heavy atom. The molecule has 2 aliphatic rings. The van der Waals surface area contributed by atoms with Crippen molar-refractivity contribution in [3.05, 3.63) is 58.1 Å². The normalized spacial score (nSPS) is 19.0. The number of nitrogens with zero attached hydrogens (tertiary/aromatic N) is 2. The number of fused-ring (bicyclic) bond motifs is 2. The van der Waals surface area contributed by atoms with Gasteiger partial charge in [0.2, 0.25) is 0 Å². The molecule has 2 amide bonds. The summed E-state index contributed by atoms with van der Waals surface area (Å²) < 4.78 is 0.906. The zero-order valence-electron chi connectivity index (χ0n) is 14.5. The molecule has 1 N–H and O–H groups in total. The summed E-state index contributed by atoms with van der Waals surface area (Å²) in [5, 5.41) is 2.91. The molecule has 0 unspecified atom stereocenters. The van der Waals surface area contributed by atoms with E-state index < -0.39 is 0 Å². The summed E-state index contributed by atoms with van der Waals surface area (Å²) in [4.78, 5) is 29.5. The van der Waals surface area contributed by atoms with Gasteiger partial charge in [-0.2, -0.15) is 0 Å². The highest BCUT2D eigenvalue weighted by Gasteiger charge is 2.37. The lowest BCUT2D eigenvalue weighted by atomic mass is 9.97. The van der Waals surface area contributed by atoms with Gasteiger partial charge in [-0.1, -0.05) is 22.0 Å². The molecule has 0 aromatic heterocycles. The number of hydrogen-bond acceptors (Lipinski definition) is 3. The number of benzene rings is 2. The van der Waals surface area contributed by atoms with E-state index in [9.17, 15) is 9.59 Å². The predicted molar refractivity (Wildman–Crippen MR) is 106 cm³/mol. The lowest BCUT2D eigenvalue weighted by Gasteiger charge is -2.46. The van der Waals surface area contributed by atoms with Crippen LogP contribution in [0.4, 0.5) is 11.4 Å². The summed E-state index contributed by atoms with van der Waals surface area (Å²) in [6, 6.07) is 12.8. The molecule has 0 aliphatic carbocycles. The van der Waals surface area contributed by atoms with Crippen LogP contribution < -0.4 is 10.2 Å². The van der Waals surface area contributed by atoms with Gasteiger partial charge in [0.15, 0.2) is 0 Å². The fraction of sp³-hybridized carbons (Fsp3) is 0.300. The van der Waals surface area contributed by atoms with Gasteiger partial charge >= 0.3 is 0 Å². The molecule has 1 atom stereocenters. The molecule has 0 spiro atoms. The first kappa shape index (κ1) is 17.1. The second-order valence-corrected chi connectivity index (χ2v) is 7.70. The Kier molecular flexibility index (Phi) is 4.44. The Hall–Kier alpha value is -2.34. The topological polar surface area (TPSA) is 52.7 Å². The van der Waals surface area contributed by atoms with Crippen molar-refractivity contribution in [2.45, 2.75) is 25.4 Å². The van der Waals surface area contributed by atoms with Crippen LogP contribution in [0.2, 0.25) is 0 Å². The highest BCUT2D eigenvalue weighted by molar-refractivity contribution is 9.10. The summed E-state index contributed by atoms with van der Waals surface area (Å²) in [6.07, 6.45) is 3.23.